The lowest BCUT2D eigenvalue weighted by Crippen LogP contribution is -2.33. The summed E-state index contributed by atoms with van der Waals surface area (Å²) in [5.74, 6) is 1.40. The van der Waals surface area contributed by atoms with Crippen molar-refractivity contribution < 1.29 is 14.3 Å². The van der Waals surface area contributed by atoms with Gasteiger partial charge in [-0.3, -0.25) is 4.79 Å². The summed E-state index contributed by atoms with van der Waals surface area (Å²) in [7, 11) is 3.11. The van der Waals surface area contributed by atoms with Crippen LogP contribution in [0.2, 0.25) is 0 Å². The molecule has 1 aromatic rings. The first kappa shape index (κ1) is 17.6. The van der Waals surface area contributed by atoms with E-state index in [-0.39, 0.29) is 11.3 Å². The molecule has 4 nitrogen and oxygen atoms in total. The summed E-state index contributed by atoms with van der Waals surface area (Å²) >= 11 is 6.33. The lowest BCUT2D eigenvalue weighted by atomic mass is 9.99. The van der Waals surface area contributed by atoms with E-state index in [4.69, 9.17) is 21.1 Å². The van der Waals surface area contributed by atoms with E-state index in [9.17, 15) is 4.79 Å². The van der Waals surface area contributed by atoms with Crippen LogP contribution in [-0.4, -0.2) is 32.0 Å². The molecular weight excluding hydrogens is 290 g/mol. The van der Waals surface area contributed by atoms with Crippen molar-refractivity contribution in [2.75, 3.05) is 20.8 Å². The number of carbonyl (C=O) groups excluding carboxylic acids is 1. The zero-order chi connectivity index (χ0) is 15.8. The molecule has 1 amide bonds. The van der Waals surface area contributed by atoms with Crippen molar-refractivity contribution in [2.45, 2.75) is 32.1 Å². The summed E-state index contributed by atoms with van der Waals surface area (Å²) in [5.41, 5.74) is 0.500. The maximum absolute atomic E-state index is 12.2. The summed E-state index contributed by atoms with van der Waals surface area (Å²) in [6.07, 6.45) is 2.01. The maximum Gasteiger partial charge on any atom is 0.251 e. The van der Waals surface area contributed by atoms with Gasteiger partial charge in [0, 0.05) is 18.2 Å². The van der Waals surface area contributed by atoms with E-state index in [0.29, 0.717) is 29.5 Å². The number of hydrogen-bond donors (Lipinski definition) is 1. The molecule has 0 saturated carbocycles. The van der Waals surface area contributed by atoms with E-state index < -0.39 is 0 Å². The number of methoxy groups -OCH3 is 2. The van der Waals surface area contributed by atoms with Crippen LogP contribution in [0.5, 0.6) is 11.5 Å². The maximum atomic E-state index is 12.2. The Labute approximate surface area is 131 Å². The second-order valence-electron chi connectivity index (χ2n) is 4.90. The Hall–Kier alpha value is -1.42. The van der Waals surface area contributed by atoms with Crippen molar-refractivity contribution in [3.8, 4) is 11.5 Å². The number of nitrogens with one attached hydrogen (secondary N) is 1. The third-order valence-corrected chi connectivity index (χ3v) is 4.14. The summed E-state index contributed by atoms with van der Waals surface area (Å²) in [6, 6.07) is 5.09. The van der Waals surface area contributed by atoms with Gasteiger partial charge in [0.15, 0.2) is 0 Å². The molecule has 1 unspecified atom stereocenters. The van der Waals surface area contributed by atoms with Gasteiger partial charge >= 0.3 is 0 Å². The van der Waals surface area contributed by atoms with Gasteiger partial charge < -0.3 is 14.8 Å². The highest BCUT2D eigenvalue weighted by Gasteiger charge is 2.17. The number of halogens is 1. The molecule has 0 heterocycles. The Morgan fingerprint density at radius 2 is 1.67 bits per heavy atom. The quantitative estimate of drug-likeness (QED) is 0.747. The molecule has 0 bridgehead atoms. The predicted octanol–water partition coefficient (Wildman–Crippen LogP) is 3.48. The Balaban J connectivity index is 2.71. The highest BCUT2D eigenvalue weighted by Crippen LogP contribution is 2.23. The van der Waals surface area contributed by atoms with E-state index in [1.807, 2.05) is 0 Å². The van der Waals surface area contributed by atoms with Gasteiger partial charge in [0.05, 0.1) is 19.6 Å². The molecule has 0 fully saturated rings. The molecule has 0 aliphatic rings. The largest absolute Gasteiger partial charge is 0.497 e. The number of hydrogen-bond acceptors (Lipinski definition) is 3. The smallest absolute Gasteiger partial charge is 0.251 e. The molecule has 1 N–H and O–H groups in total. The Morgan fingerprint density at radius 1 is 1.14 bits per heavy atom. The number of ether oxygens (including phenoxy) is 2. The van der Waals surface area contributed by atoms with Crippen molar-refractivity contribution in [3.63, 3.8) is 0 Å². The Kier molecular flexibility index (Phi) is 7.37. The number of rotatable bonds is 8. The van der Waals surface area contributed by atoms with E-state index in [0.717, 1.165) is 12.8 Å². The van der Waals surface area contributed by atoms with Crippen molar-refractivity contribution in [2.24, 2.45) is 5.92 Å². The zero-order valence-corrected chi connectivity index (χ0v) is 13.9. The van der Waals surface area contributed by atoms with Crippen molar-refractivity contribution in [1.82, 2.24) is 5.32 Å². The minimum absolute atomic E-state index is 0.0588. The second-order valence-corrected chi connectivity index (χ2v) is 5.46. The van der Waals surface area contributed by atoms with Crippen LogP contribution in [0.25, 0.3) is 0 Å². The van der Waals surface area contributed by atoms with Crippen LogP contribution in [0.3, 0.4) is 0 Å². The molecule has 0 radical (unpaired) electrons. The molecule has 118 valence electrons. The SMILES string of the molecule is CCC(CC)C(Cl)CNC(=O)c1cc(OC)cc(OC)c1. The normalized spacial score (nSPS) is 12.1. The molecule has 0 aliphatic carbocycles. The summed E-state index contributed by atoms with van der Waals surface area (Å²) in [6.45, 7) is 4.67. The van der Waals surface area contributed by atoms with Crippen LogP contribution >= 0.6 is 11.6 Å². The predicted molar refractivity (Wildman–Crippen MR) is 85.6 cm³/mol. The van der Waals surface area contributed by atoms with Gasteiger partial charge in [-0.05, 0) is 18.1 Å². The molecule has 1 atom stereocenters. The van der Waals surface area contributed by atoms with Gasteiger partial charge in [-0.15, -0.1) is 11.6 Å². The van der Waals surface area contributed by atoms with Crippen LogP contribution in [0.4, 0.5) is 0 Å². The average molecular weight is 314 g/mol. The minimum atomic E-state index is -0.177. The molecule has 21 heavy (non-hydrogen) atoms. The van der Waals surface area contributed by atoms with Crippen molar-refractivity contribution in [3.05, 3.63) is 23.8 Å². The fourth-order valence-corrected chi connectivity index (χ4v) is 2.63. The van der Waals surface area contributed by atoms with Crippen molar-refractivity contribution in [1.29, 1.82) is 0 Å². The molecule has 0 saturated heterocycles. The van der Waals surface area contributed by atoms with Crippen molar-refractivity contribution >= 4 is 17.5 Å². The average Bonchev–Trinajstić information content (AvgIpc) is 2.52. The number of alkyl halides is 1. The Morgan fingerprint density at radius 3 is 2.10 bits per heavy atom. The van der Waals surface area contributed by atoms with Crippen LogP contribution in [-0.2, 0) is 0 Å². The van der Waals surface area contributed by atoms with Gasteiger partial charge in [0.1, 0.15) is 11.5 Å². The third-order valence-electron chi connectivity index (χ3n) is 3.63. The monoisotopic (exact) mass is 313 g/mol. The molecule has 5 heteroatoms. The number of carbonyl (C=O) groups is 1. The summed E-state index contributed by atoms with van der Waals surface area (Å²) < 4.78 is 10.3. The van der Waals surface area contributed by atoms with Crippen LogP contribution in [0.15, 0.2) is 18.2 Å². The molecule has 0 aromatic heterocycles. The summed E-state index contributed by atoms with van der Waals surface area (Å²) in [5, 5.41) is 2.81. The summed E-state index contributed by atoms with van der Waals surface area (Å²) in [4.78, 5) is 12.2. The van der Waals surface area contributed by atoms with Gasteiger partial charge in [-0.2, -0.15) is 0 Å². The van der Waals surface area contributed by atoms with E-state index >= 15 is 0 Å². The number of amides is 1. The lowest BCUT2D eigenvalue weighted by Gasteiger charge is -2.19. The topological polar surface area (TPSA) is 47.6 Å². The van der Waals surface area contributed by atoms with Crippen LogP contribution in [0, 0.1) is 5.92 Å². The van der Waals surface area contributed by atoms with Gasteiger partial charge in [-0.1, -0.05) is 26.7 Å². The van der Waals surface area contributed by atoms with Gasteiger partial charge in [0.2, 0.25) is 0 Å². The lowest BCUT2D eigenvalue weighted by molar-refractivity contribution is 0.0951. The number of benzene rings is 1. The van der Waals surface area contributed by atoms with Gasteiger partial charge in [-0.25, -0.2) is 0 Å². The van der Waals surface area contributed by atoms with Gasteiger partial charge in [0.25, 0.3) is 5.91 Å². The first-order valence-electron chi connectivity index (χ1n) is 7.20. The first-order valence-corrected chi connectivity index (χ1v) is 7.64. The Bertz CT molecular complexity index is 439. The second kappa shape index (κ2) is 8.78. The molecule has 1 rings (SSSR count). The third kappa shape index (κ3) is 5.12. The minimum Gasteiger partial charge on any atom is -0.497 e. The molecule has 0 aliphatic heterocycles. The molecule has 0 spiro atoms. The van der Waals surface area contributed by atoms with E-state index in [1.54, 1.807) is 32.4 Å². The zero-order valence-electron chi connectivity index (χ0n) is 13.1. The van der Waals surface area contributed by atoms with E-state index in [2.05, 4.69) is 19.2 Å². The molecular formula is C16H24ClNO3. The highest BCUT2D eigenvalue weighted by molar-refractivity contribution is 6.21. The van der Waals surface area contributed by atoms with E-state index in [1.165, 1.54) is 0 Å². The highest BCUT2D eigenvalue weighted by atomic mass is 35.5. The van der Waals surface area contributed by atoms with Crippen LogP contribution in [0.1, 0.15) is 37.0 Å². The first-order chi connectivity index (χ1) is 10.0. The fraction of sp³-hybridized carbons (Fsp3) is 0.562. The molecule has 1 aromatic carbocycles. The standard InChI is InChI=1S/C16H24ClNO3/c1-5-11(6-2)15(17)10-18-16(19)12-7-13(20-3)9-14(8-12)21-4/h7-9,11,15H,5-6,10H2,1-4H3,(H,18,19). The fourth-order valence-electron chi connectivity index (χ4n) is 2.20. The van der Waals surface area contributed by atoms with Crippen LogP contribution < -0.4 is 14.8 Å².